The number of nitrogens with one attached hydrogen (secondary N) is 2. The van der Waals surface area contributed by atoms with Gasteiger partial charge in [-0.1, -0.05) is 25.6 Å². The molecule has 2 amide bonds. The number of rotatable bonds is 19. The number of aliphatic hydroxyl groups is 2. The molecule has 51 heavy (non-hydrogen) atoms. The van der Waals surface area contributed by atoms with Gasteiger partial charge in [0.2, 0.25) is 11.8 Å². The van der Waals surface area contributed by atoms with E-state index >= 15 is 0 Å². The Morgan fingerprint density at radius 3 is 2.39 bits per heavy atom. The van der Waals surface area contributed by atoms with E-state index in [0.29, 0.717) is 5.75 Å². The number of fused-ring (bicyclic) bond motifs is 1. The molecule has 7 atom stereocenters. The fourth-order valence-electron chi connectivity index (χ4n) is 4.32. The van der Waals surface area contributed by atoms with Crippen LogP contribution in [0.4, 0.5) is 5.82 Å². The number of carbonyl (C=O) groups excluding carboxylic acids is 3. The molecule has 288 valence electrons. The molecule has 0 aliphatic carbocycles. The number of aromatic nitrogens is 4. The third-order valence-corrected chi connectivity index (χ3v) is 10.7. The van der Waals surface area contributed by atoms with Crippen LogP contribution in [0, 0.1) is 5.41 Å². The molecule has 2 aromatic heterocycles. The fourth-order valence-corrected chi connectivity index (χ4v) is 7.65. The number of nitrogens with zero attached hydrogens (tertiary/aromatic N) is 4. The molecule has 1 saturated heterocycles. The summed E-state index contributed by atoms with van der Waals surface area (Å²) in [5.74, 6) is -1.08. The monoisotopic (exact) mass is 809 g/mol. The van der Waals surface area contributed by atoms with E-state index in [9.17, 15) is 57.9 Å². The van der Waals surface area contributed by atoms with Crippen molar-refractivity contribution in [2.24, 2.45) is 5.41 Å². The highest BCUT2D eigenvalue weighted by molar-refractivity contribution is 8.13. The van der Waals surface area contributed by atoms with E-state index in [1.807, 2.05) is 0 Å². The molecule has 0 radical (unpaired) electrons. The first kappa shape index (κ1) is 43.0. The molecular formula is C23H38N7O17P3S. The lowest BCUT2D eigenvalue weighted by Gasteiger charge is -2.30. The Morgan fingerprint density at radius 2 is 1.75 bits per heavy atom. The van der Waals surface area contributed by atoms with Gasteiger partial charge in [-0.25, -0.2) is 28.6 Å². The van der Waals surface area contributed by atoms with Gasteiger partial charge in [0.05, 0.1) is 19.5 Å². The number of phosphoric acid groups is 3. The van der Waals surface area contributed by atoms with Crippen LogP contribution < -0.4 is 16.4 Å². The summed E-state index contributed by atoms with van der Waals surface area (Å²) in [6.07, 6.45) is -6.88. The van der Waals surface area contributed by atoms with Gasteiger partial charge in [0.25, 0.3) is 0 Å². The molecule has 0 saturated carbocycles. The number of amides is 2. The maximum Gasteiger partial charge on any atom is 0.481 e. The van der Waals surface area contributed by atoms with Gasteiger partial charge in [0, 0.05) is 37.6 Å². The lowest BCUT2D eigenvalue weighted by molar-refractivity contribution is -0.137. The Balaban J connectivity index is 1.55. The number of carbonyl (C=O) groups is 3. The second-order valence-corrected chi connectivity index (χ2v) is 16.9. The van der Waals surface area contributed by atoms with Gasteiger partial charge in [-0.3, -0.25) is 32.5 Å². The summed E-state index contributed by atoms with van der Waals surface area (Å²) in [5, 5.41) is 26.1. The van der Waals surface area contributed by atoms with Crippen LogP contribution in [-0.4, -0.2) is 123 Å². The highest BCUT2D eigenvalue weighted by Gasteiger charge is 2.50. The van der Waals surface area contributed by atoms with Gasteiger partial charge in [-0.15, -0.1) is 0 Å². The maximum absolute atomic E-state index is 12.6. The van der Waals surface area contributed by atoms with Crippen LogP contribution in [0.1, 0.15) is 33.4 Å². The average molecular weight is 810 g/mol. The molecule has 0 bridgehead atoms. The maximum atomic E-state index is 12.6. The number of imidazole rings is 1. The van der Waals surface area contributed by atoms with Crippen molar-refractivity contribution in [1.29, 1.82) is 0 Å². The first-order chi connectivity index (χ1) is 23.5. The van der Waals surface area contributed by atoms with Gasteiger partial charge in [-0.2, -0.15) is 4.31 Å². The average Bonchev–Trinajstić information content (AvgIpc) is 3.57. The Kier molecular flexibility index (Phi) is 14.8. The molecule has 3 unspecified atom stereocenters. The van der Waals surface area contributed by atoms with Crippen LogP contribution in [0.25, 0.3) is 11.2 Å². The molecule has 2 aromatic rings. The van der Waals surface area contributed by atoms with Crippen LogP contribution in [0.5, 0.6) is 0 Å². The van der Waals surface area contributed by atoms with E-state index in [4.69, 9.17) is 19.5 Å². The Hall–Kier alpha value is -2.44. The molecule has 1 fully saturated rings. The molecule has 10 N–H and O–H groups in total. The summed E-state index contributed by atoms with van der Waals surface area (Å²) in [6, 6.07) is 0. The second-order valence-electron chi connectivity index (χ2n) is 11.4. The zero-order chi connectivity index (χ0) is 38.4. The third-order valence-electron chi connectivity index (χ3n) is 6.81. The molecule has 0 aromatic carbocycles. The van der Waals surface area contributed by atoms with E-state index in [2.05, 4.69) is 34.4 Å². The molecular weight excluding hydrogens is 771 g/mol. The number of anilines is 1. The highest BCUT2D eigenvalue weighted by atomic mass is 32.2. The van der Waals surface area contributed by atoms with Gasteiger partial charge in [0.1, 0.15) is 36.3 Å². The van der Waals surface area contributed by atoms with Crippen molar-refractivity contribution >= 4 is 69.1 Å². The van der Waals surface area contributed by atoms with E-state index < -0.39 is 84.6 Å². The second kappa shape index (κ2) is 17.6. The summed E-state index contributed by atoms with van der Waals surface area (Å²) in [7, 11) is -16.4. The summed E-state index contributed by atoms with van der Waals surface area (Å²) < 4.78 is 61.8. The molecule has 1 aliphatic rings. The van der Waals surface area contributed by atoms with Crippen LogP contribution in [0.15, 0.2) is 12.7 Å². The molecule has 1 aliphatic heterocycles. The lowest BCUT2D eigenvalue weighted by atomic mass is 9.87. The molecule has 3 rings (SSSR count). The van der Waals surface area contributed by atoms with Crippen molar-refractivity contribution in [2.75, 3.05) is 37.8 Å². The van der Waals surface area contributed by atoms with E-state index in [1.54, 1.807) is 0 Å². The first-order valence-corrected chi connectivity index (χ1v) is 20.0. The highest BCUT2D eigenvalue weighted by Crippen LogP contribution is 2.61. The van der Waals surface area contributed by atoms with Crippen LogP contribution in [0.2, 0.25) is 0 Å². The largest absolute Gasteiger partial charge is 0.481 e. The molecule has 3 heterocycles. The minimum absolute atomic E-state index is 0.0310. The summed E-state index contributed by atoms with van der Waals surface area (Å²) >= 11 is 1.03. The number of thioether (sulfide) groups is 1. The van der Waals surface area contributed by atoms with Crippen molar-refractivity contribution in [3.05, 3.63) is 12.7 Å². The Labute approximate surface area is 293 Å². The predicted molar refractivity (Wildman–Crippen MR) is 173 cm³/mol. The summed E-state index contributed by atoms with van der Waals surface area (Å²) in [4.78, 5) is 85.9. The minimum Gasteiger partial charge on any atom is -0.386 e. The number of hydrogen-bond donors (Lipinski definition) is 9. The molecule has 24 nitrogen and oxygen atoms in total. The number of ether oxygens (including phenoxy) is 1. The third kappa shape index (κ3) is 12.9. The van der Waals surface area contributed by atoms with Crippen molar-refractivity contribution in [2.45, 2.75) is 57.8 Å². The van der Waals surface area contributed by atoms with Crippen molar-refractivity contribution in [1.82, 2.24) is 30.2 Å². The van der Waals surface area contributed by atoms with Crippen molar-refractivity contribution in [3.8, 4) is 0 Å². The van der Waals surface area contributed by atoms with Crippen LogP contribution >= 0.6 is 35.2 Å². The number of hydrogen-bond acceptors (Lipinski definition) is 18. The smallest absolute Gasteiger partial charge is 0.386 e. The lowest BCUT2D eigenvalue weighted by Crippen LogP contribution is -2.46. The summed E-state index contributed by atoms with van der Waals surface area (Å²) in [6.45, 7) is 1.90. The first-order valence-electron chi connectivity index (χ1n) is 14.5. The van der Waals surface area contributed by atoms with Gasteiger partial charge in [-0.05, 0) is 0 Å². The normalized spacial score (nSPS) is 22.6. The molecule has 0 spiro atoms. The van der Waals surface area contributed by atoms with Crippen LogP contribution in [0.3, 0.4) is 0 Å². The molecule has 28 heteroatoms. The zero-order valence-electron chi connectivity index (χ0n) is 27.1. The Bertz CT molecular complexity index is 1710. The Morgan fingerprint density at radius 1 is 1.08 bits per heavy atom. The number of phosphoric ester groups is 3. The predicted octanol–water partition coefficient (Wildman–Crippen LogP) is -1.32. The van der Waals surface area contributed by atoms with E-state index in [1.165, 1.54) is 20.8 Å². The quantitative estimate of drug-likeness (QED) is 0.0587. The fraction of sp³-hybridized carbons (Fsp3) is 0.652. The van der Waals surface area contributed by atoms with Gasteiger partial charge < -0.3 is 50.9 Å². The summed E-state index contributed by atoms with van der Waals surface area (Å²) in [5.41, 5.74) is 4.26. The minimum atomic E-state index is -5.56. The zero-order valence-corrected chi connectivity index (χ0v) is 30.6. The number of nitrogen functional groups attached to an aromatic ring is 1. The van der Waals surface area contributed by atoms with Crippen molar-refractivity contribution < 1.29 is 80.5 Å². The van der Waals surface area contributed by atoms with E-state index in [0.717, 1.165) is 29.0 Å². The number of nitrogens with two attached hydrogens (primary N) is 1. The number of aliphatic hydroxyl groups excluding tert-OH is 2. The van der Waals surface area contributed by atoms with E-state index in [-0.39, 0.29) is 41.6 Å². The SMILES string of the molecule is CC(=O)SCCNC(=O)CCNC(=O)[C@H](O)C(C)(C)COP(=O)(O)OP(=O)(O)OC[C@H]1O[C@@H](n2cnc3c(N)ncnc32)C(O)[C@@H]1OP(=O)(O)O. The van der Waals surface area contributed by atoms with Crippen molar-refractivity contribution in [3.63, 3.8) is 0 Å². The van der Waals surface area contributed by atoms with Gasteiger partial charge >= 0.3 is 23.5 Å². The topological polar surface area (TPSA) is 364 Å². The standard InChI is InChI=1S/C23H38N7O17P3S/c1-12(31)51-7-6-25-14(32)4-5-26-21(35)18(34)23(2,3)9-44-50(41,42)47-49(39,40)43-8-13-17(46-48(36,37)38)16(33)22(45-13)30-11-29-15-19(24)27-10-28-20(15)30/h10-11,13,16-18,22,33-34H,4-9H2,1-3H3,(H,25,32)(H,26,35)(H,39,40)(H,41,42)(H2,24,27,28)(H2,36,37,38)/t13-,16?,17-,18+,22-/m1/s1. The van der Waals surface area contributed by atoms with Crippen LogP contribution in [-0.2, 0) is 50.7 Å². The van der Waals surface area contributed by atoms with Gasteiger partial charge in [0.15, 0.2) is 22.8 Å².